The molecule has 0 saturated carbocycles. The molecule has 3 rings (SSSR count). The number of hydrogen-bond acceptors (Lipinski definition) is 5. The smallest absolute Gasteiger partial charge is 0.342 e. The van der Waals surface area contributed by atoms with Crippen LogP contribution in [0, 0.1) is 0 Å². The van der Waals surface area contributed by atoms with Crippen LogP contribution in [0.1, 0.15) is 26.3 Å². The quantitative estimate of drug-likeness (QED) is 0.433. The molecule has 0 heterocycles. The highest BCUT2D eigenvalue weighted by Gasteiger charge is 2.16. The minimum Gasteiger partial charge on any atom is -0.497 e. The minimum absolute atomic E-state index is 0.275. The van der Waals surface area contributed by atoms with Gasteiger partial charge in [0.1, 0.15) is 23.7 Å². The van der Waals surface area contributed by atoms with Crippen molar-refractivity contribution in [2.24, 2.45) is 0 Å². The summed E-state index contributed by atoms with van der Waals surface area (Å²) in [7, 11) is 1.52. The zero-order valence-corrected chi connectivity index (χ0v) is 15.5. The molecule has 0 radical (unpaired) electrons. The Kier molecular flexibility index (Phi) is 6.41. The Bertz CT molecular complexity index is 950. The van der Waals surface area contributed by atoms with Gasteiger partial charge in [-0.1, -0.05) is 54.6 Å². The van der Waals surface area contributed by atoms with Crippen LogP contribution in [0.5, 0.6) is 11.5 Å². The van der Waals surface area contributed by atoms with Gasteiger partial charge < -0.3 is 14.2 Å². The van der Waals surface area contributed by atoms with E-state index in [0.717, 1.165) is 5.56 Å². The van der Waals surface area contributed by atoms with E-state index in [0.29, 0.717) is 23.7 Å². The lowest BCUT2D eigenvalue weighted by Gasteiger charge is -2.11. The molecular weight excluding hydrogens is 356 g/mol. The van der Waals surface area contributed by atoms with Gasteiger partial charge in [-0.15, -0.1) is 0 Å². The molecular formula is C23H20O5. The van der Waals surface area contributed by atoms with Gasteiger partial charge in [0, 0.05) is 5.56 Å². The first-order valence-electron chi connectivity index (χ1n) is 8.77. The Labute approximate surface area is 163 Å². The predicted molar refractivity (Wildman–Crippen MR) is 105 cm³/mol. The second kappa shape index (κ2) is 9.37. The van der Waals surface area contributed by atoms with E-state index in [2.05, 4.69) is 0 Å². The van der Waals surface area contributed by atoms with Gasteiger partial charge in [-0.05, 0) is 29.8 Å². The maximum Gasteiger partial charge on any atom is 0.342 e. The lowest BCUT2D eigenvalue weighted by Crippen LogP contribution is -2.15. The third-order valence-corrected chi connectivity index (χ3v) is 4.07. The highest BCUT2D eigenvalue weighted by molar-refractivity contribution is 6.00. The molecule has 5 nitrogen and oxygen atoms in total. The molecule has 0 atom stereocenters. The van der Waals surface area contributed by atoms with Gasteiger partial charge >= 0.3 is 5.97 Å². The van der Waals surface area contributed by atoms with E-state index in [1.54, 1.807) is 48.5 Å². The first-order chi connectivity index (χ1) is 13.7. The normalized spacial score (nSPS) is 10.2. The standard InChI is InChI=1S/C23H20O5/c1-26-19-11-7-10-18(14-19)21(24)16-28-23(25)20-12-5-6-13-22(20)27-15-17-8-3-2-4-9-17/h2-14H,15-16H2,1H3. The Hall–Kier alpha value is -3.60. The summed E-state index contributed by atoms with van der Waals surface area (Å²) < 4.78 is 16.1. The van der Waals surface area contributed by atoms with Gasteiger partial charge in [0.2, 0.25) is 0 Å². The van der Waals surface area contributed by atoms with Crippen LogP contribution in [0.15, 0.2) is 78.9 Å². The molecule has 0 fully saturated rings. The number of methoxy groups -OCH3 is 1. The number of carbonyl (C=O) groups is 2. The van der Waals surface area contributed by atoms with Crippen molar-refractivity contribution in [3.8, 4) is 11.5 Å². The number of hydrogen-bond donors (Lipinski definition) is 0. The molecule has 0 aromatic heterocycles. The molecule has 3 aromatic rings. The van der Waals surface area contributed by atoms with Crippen molar-refractivity contribution in [3.63, 3.8) is 0 Å². The lowest BCUT2D eigenvalue weighted by molar-refractivity contribution is 0.0470. The second-order valence-electron chi connectivity index (χ2n) is 6.00. The molecule has 0 saturated heterocycles. The average Bonchev–Trinajstić information content (AvgIpc) is 2.76. The van der Waals surface area contributed by atoms with Gasteiger partial charge in [0.05, 0.1) is 7.11 Å². The Morgan fingerprint density at radius 2 is 1.61 bits per heavy atom. The molecule has 3 aromatic carbocycles. The fourth-order valence-corrected chi connectivity index (χ4v) is 2.59. The molecule has 0 spiro atoms. The monoisotopic (exact) mass is 376 g/mol. The second-order valence-corrected chi connectivity index (χ2v) is 6.00. The number of ketones is 1. The molecule has 0 bridgehead atoms. The zero-order chi connectivity index (χ0) is 19.8. The number of para-hydroxylation sites is 1. The van der Waals surface area contributed by atoms with Crippen molar-refractivity contribution in [2.75, 3.05) is 13.7 Å². The van der Waals surface area contributed by atoms with E-state index in [1.807, 2.05) is 30.3 Å². The molecule has 0 N–H and O–H groups in total. The summed E-state index contributed by atoms with van der Waals surface area (Å²) in [5, 5.41) is 0. The molecule has 0 aliphatic rings. The van der Waals surface area contributed by atoms with Crippen LogP contribution in [-0.2, 0) is 11.3 Å². The number of carbonyl (C=O) groups excluding carboxylic acids is 2. The summed E-state index contributed by atoms with van der Waals surface area (Å²) in [5.74, 6) is 0.0526. The SMILES string of the molecule is COc1cccc(C(=O)COC(=O)c2ccccc2OCc2ccccc2)c1. The summed E-state index contributed by atoms with van der Waals surface area (Å²) in [6.07, 6.45) is 0. The van der Waals surface area contributed by atoms with Crippen LogP contribution < -0.4 is 9.47 Å². The van der Waals surface area contributed by atoms with Crippen LogP contribution in [0.3, 0.4) is 0 Å². The van der Waals surface area contributed by atoms with E-state index in [1.165, 1.54) is 7.11 Å². The first kappa shape index (κ1) is 19.2. The van der Waals surface area contributed by atoms with Crippen LogP contribution in [0.2, 0.25) is 0 Å². The van der Waals surface area contributed by atoms with Gasteiger partial charge in [0.25, 0.3) is 0 Å². The number of ether oxygens (including phenoxy) is 3. The van der Waals surface area contributed by atoms with Crippen LogP contribution in [0.25, 0.3) is 0 Å². The van der Waals surface area contributed by atoms with E-state index >= 15 is 0 Å². The maximum atomic E-state index is 12.5. The topological polar surface area (TPSA) is 61.8 Å². The highest BCUT2D eigenvalue weighted by Crippen LogP contribution is 2.21. The molecule has 0 aliphatic heterocycles. The number of benzene rings is 3. The molecule has 28 heavy (non-hydrogen) atoms. The summed E-state index contributed by atoms with van der Waals surface area (Å²) in [5.41, 5.74) is 1.68. The van der Waals surface area contributed by atoms with Gasteiger partial charge in [0.15, 0.2) is 12.4 Å². The molecule has 5 heteroatoms. The molecule has 0 aliphatic carbocycles. The van der Waals surface area contributed by atoms with Crippen molar-refractivity contribution in [2.45, 2.75) is 6.61 Å². The minimum atomic E-state index is -0.611. The third kappa shape index (κ3) is 4.98. The molecule has 0 amide bonds. The summed E-state index contributed by atoms with van der Waals surface area (Å²) >= 11 is 0. The van der Waals surface area contributed by atoms with Crippen molar-refractivity contribution in [3.05, 3.63) is 95.6 Å². The first-order valence-corrected chi connectivity index (χ1v) is 8.77. The van der Waals surface area contributed by atoms with E-state index in [9.17, 15) is 9.59 Å². The largest absolute Gasteiger partial charge is 0.497 e. The lowest BCUT2D eigenvalue weighted by atomic mass is 10.1. The molecule has 0 unspecified atom stereocenters. The number of esters is 1. The van der Waals surface area contributed by atoms with E-state index < -0.39 is 5.97 Å². The van der Waals surface area contributed by atoms with Crippen molar-refractivity contribution in [1.82, 2.24) is 0 Å². The van der Waals surface area contributed by atoms with Crippen molar-refractivity contribution >= 4 is 11.8 Å². The van der Waals surface area contributed by atoms with Gasteiger partial charge in [-0.25, -0.2) is 4.79 Å². The van der Waals surface area contributed by atoms with Crippen LogP contribution >= 0.6 is 0 Å². The zero-order valence-electron chi connectivity index (χ0n) is 15.5. The van der Waals surface area contributed by atoms with Crippen molar-refractivity contribution < 1.29 is 23.8 Å². The van der Waals surface area contributed by atoms with Crippen LogP contribution in [0.4, 0.5) is 0 Å². The van der Waals surface area contributed by atoms with Gasteiger partial charge in [-0.3, -0.25) is 4.79 Å². The Balaban J connectivity index is 1.63. The van der Waals surface area contributed by atoms with E-state index in [4.69, 9.17) is 14.2 Å². The van der Waals surface area contributed by atoms with Crippen molar-refractivity contribution in [1.29, 1.82) is 0 Å². The Morgan fingerprint density at radius 1 is 0.857 bits per heavy atom. The molecule has 142 valence electrons. The summed E-state index contributed by atoms with van der Waals surface area (Å²) in [6.45, 7) is -0.0348. The predicted octanol–water partition coefficient (Wildman–Crippen LogP) is 4.31. The summed E-state index contributed by atoms with van der Waals surface area (Å²) in [6, 6.07) is 23.1. The Morgan fingerprint density at radius 3 is 2.39 bits per heavy atom. The average molecular weight is 376 g/mol. The van der Waals surface area contributed by atoms with Gasteiger partial charge in [-0.2, -0.15) is 0 Å². The third-order valence-electron chi connectivity index (χ3n) is 4.07. The fraction of sp³-hybridized carbons (Fsp3) is 0.130. The highest BCUT2D eigenvalue weighted by atomic mass is 16.5. The maximum absolute atomic E-state index is 12.5. The number of rotatable bonds is 8. The number of Topliss-reactive ketones (excluding diaryl/α,β-unsaturated/α-hetero) is 1. The van der Waals surface area contributed by atoms with Crippen LogP contribution in [-0.4, -0.2) is 25.5 Å². The fourth-order valence-electron chi connectivity index (χ4n) is 2.59. The summed E-state index contributed by atoms with van der Waals surface area (Å²) in [4.78, 5) is 24.7. The van der Waals surface area contributed by atoms with E-state index in [-0.39, 0.29) is 18.0 Å².